The van der Waals surface area contributed by atoms with Crippen LogP contribution in [0.4, 0.5) is 0 Å². The molecule has 0 bridgehead atoms. The van der Waals surface area contributed by atoms with Gasteiger partial charge in [0.2, 0.25) is 5.91 Å². The van der Waals surface area contributed by atoms with E-state index in [1.807, 2.05) is 30.3 Å². The van der Waals surface area contributed by atoms with Gasteiger partial charge in [-0.25, -0.2) is 0 Å². The van der Waals surface area contributed by atoms with Crippen molar-refractivity contribution in [3.05, 3.63) is 70.7 Å². The Kier molecular flexibility index (Phi) is 7.31. The Morgan fingerprint density at radius 3 is 2.41 bits per heavy atom. The molecule has 27 heavy (non-hydrogen) atoms. The molecular weight excluding hydrogens is 356 g/mol. The second kappa shape index (κ2) is 9.91. The minimum Gasteiger partial charge on any atom is -0.353 e. The van der Waals surface area contributed by atoms with Gasteiger partial charge in [0.15, 0.2) is 0 Å². The van der Waals surface area contributed by atoms with Crippen LogP contribution in [0.15, 0.2) is 54.6 Å². The predicted octanol–water partition coefficient (Wildman–Crippen LogP) is 5.00. The Labute approximate surface area is 167 Å². The Hall–Kier alpha value is -1.84. The molecule has 0 aliphatic carbocycles. The molecule has 0 spiro atoms. The number of carbonyl (C=O) groups is 1. The van der Waals surface area contributed by atoms with Crippen LogP contribution in [-0.4, -0.2) is 29.9 Å². The van der Waals surface area contributed by atoms with Gasteiger partial charge in [-0.2, -0.15) is 0 Å². The van der Waals surface area contributed by atoms with E-state index in [0.717, 1.165) is 43.8 Å². The van der Waals surface area contributed by atoms with E-state index in [0.29, 0.717) is 18.5 Å². The van der Waals surface area contributed by atoms with Crippen LogP contribution in [0.25, 0.3) is 0 Å². The SMILES string of the molecule is CC[C@H](c1ccc(Cl)cc1)N1CCC(NC(=O)CCc2ccccc2)CC1. The fourth-order valence-electron chi connectivity index (χ4n) is 3.95. The lowest BCUT2D eigenvalue weighted by Crippen LogP contribution is -2.45. The highest BCUT2D eigenvalue weighted by Crippen LogP contribution is 2.28. The zero-order chi connectivity index (χ0) is 19.1. The van der Waals surface area contributed by atoms with E-state index in [1.54, 1.807) is 0 Å². The molecule has 1 saturated heterocycles. The van der Waals surface area contributed by atoms with Gasteiger partial charge < -0.3 is 5.32 Å². The van der Waals surface area contributed by atoms with Gasteiger partial charge >= 0.3 is 0 Å². The molecule has 0 saturated carbocycles. The number of hydrogen-bond acceptors (Lipinski definition) is 2. The lowest BCUT2D eigenvalue weighted by Gasteiger charge is -2.37. The number of halogens is 1. The molecule has 0 unspecified atom stereocenters. The number of likely N-dealkylation sites (tertiary alicyclic amines) is 1. The first-order valence-electron chi connectivity index (χ1n) is 9.98. The highest BCUT2D eigenvalue weighted by molar-refractivity contribution is 6.30. The summed E-state index contributed by atoms with van der Waals surface area (Å²) in [5.41, 5.74) is 2.54. The highest BCUT2D eigenvalue weighted by atomic mass is 35.5. The molecule has 3 rings (SSSR count). The van der Waals surface area contributed by atoms with Gasteiger partial charge in [0.25, 0.3) is 0 Å². The molecular formula is C23H29ClN2O. The highest BCUT2D eigenvalue weighted by Gasteiger charge is 2.25. The summed E-state index contributed by atoms with van der Waals surface area (Å²) < 4.78 is 0. The van der Waals surface area contributed by atoms with E-state index in [-0.39, 0.29) is 5.91 Å². The first-order valence-corrected chi connectivity index (χ1v) is 10.4. The molecule has 4 heteroatoms. The molecule has 1 aliphatic rings. The number of nitrogens with zero attached hydrogens (tertiary/aromatic N) is 1. The van der Waals surface area contributed by atoms with Gasteiger partial charge in [-0.05, 0) is 48.9 Å². The van der Waals surface area contributed by atoms with Crippen LogP contribution in [0.5, 0.6) is 0 Å². The fourth-order valence-corrected chi connectivity index (χ4v) is 4.07. The average Bonchev–Trinajstić information content (AvgIpc) is 2.70. The molecule has 144 valence electrons. The van der Waals surface area contributed by atoms with Crippen molar-refractivity contribution >= 4 is 17.5 Å². The third-order valence-electron chi connectivity index (χ3n) is 5.46. The monoisotopic (exact) mass is 384 g/mol. The van der Waals surface area contributed by atoms with Gasteiger partial charge in [0.1, 0.15) is 0 Å². The van der Waals surface area contributed by atoms with Crippen molar-refractivity contribution in [1.82, 2.24) is 10.2 Å². The summed E-state index contributed by atoms with van der Waals surface area (Å²) in [6.45, 7) is 4.27. The van der Waals surface area contributed by atoms with Crippen molar-refractivity contribution in [2.75, 3.05) is 13.1 Å². The molecule has 1 amide bonds. The lowest BCUT2D eigenvalue weighted by molar-refractivity contribution is -0.122. The second-order valence-corrected chi connectivity index (χ2v) is 7.78. The van der Waals surface area contributed by atoms with Crippen LogP contribution in [0, 0.1) is 0 Å². The van der Waals surface area contributed by atoms with Crippen molar-refractivity contribution < 1.29 is 4.79 Å². The summed E-state index contributed by atoms with van der Waals surface area (Å²) in [4.78, 5) is 14.8. The minimum absolute atomic E-state index is 0.169. The van der Waals surface area contributed by atoms with E-state index in [4.69, 9.17) is 11.6 Å². The third kappa shape index (κ3) is 5.82. The van der Waals surface area contributed by atoms with Crippen LogP contribution in [0.1, 0.15) is 49.8 Å². The lowest BCUT2D eigenvalue weighted by atomic mass is 9.97. The molecule has 2 aromatic carbocycles. The topological polar surface area (TPSA) is 32.3 Å². The average molecular weight is 385 g/mol. The number of amides is 1. The van der Waals surface area contributed by atoms with Gasteiger partial charge in [-0.3, -0.25) is 9.69 Å². The van der Waals surface area contributed by atoms with E-state index < -0.39 is 0 Å². The number of hydrogen-bond donors (Lipinski definition) is 1. The molecule has 1 heterocycles. The Morgan fingerprint density at radius 1 is 1.11 bits per heavy atom. The van der Waals surface area contributed by atoms with Crippen LogP contribution in [-0.2, 0) is 11.2 Å². The zero-order valence-corrected chi connectivity index (χ0v) is 16.8. The summed E-state index contributed by atoms with van der Waals surface area (Å²) in [5.74, 6) is 0.169. The first kappa shape index (κ1) is 19.9. The van der Waals surface area contributed by atoms with Gasteiger partial charge in [0.05, 0.1) is 0 Å². The summed E-state index contributed by atoms with van der Waals surface area (Å²) in [5, 5.41) is 4.01. The zero-order valence-electron chi connectivity index (χ0n) is 16.0. The molecule has 0 radical (unpaired) electrons. The third-order valence-corrected chi connectivity index (χ3v) is 5.71. The normalized spacial score (nSPS) is 16.8. The molecule has 0 aromatic heterocycles. The smallest absolute Gasteiger partial charge is 0.220 e. The number of carbonyl (C=O) groups excluding carboxylic acids is 1. The molecule has 1 aliphatic heterocycles. The number of piperidine rings is 1. The maximum Gasteiger partial charge on any atom is 0.220 e. The number of rotatable bonds is 7. The van der Waals surface area contributed by atoms with Crippen LogP contribution in [0.2, 0.25) is 5.02 Å². The maximum absolute atomic E-state index is 12.3. The van der Waals surface area contributed by atoms with Crippen molar-refractivity contribution in [2.24, 2.45) is 0 Å². The van der Waals surface area contributed by atoms with E-state index >= 15 is 0 Å². The molecule has 3 nitrogen and oxygen atoms in total. The summed E-state index contributed by atoms with van der Waals surface area (Å²) in [6.07, 6.45) is 4.48. The second-order valence-electron chi connectivity index (χ2n) is 7.34. The maximum atomic E-state index is 12.3. The van der Waals surface area contributed by atoms with Gasteiger partial charge in [-0.15, -0.1) is 0 Å². The van der Waals surface area contributed by atoms with Gasteiger partial charge in [-0.1, -0.05) is 61.0 Å². The molecule has 1 fully saturated rings. The molecule has 1 atom stereocenters. The summed E-state index contributed by atoms with van der Waals surface area (Å²) in [6, 6.07) is 19.1. The quantitative estimate of drug-likeness (QED) is 0.728. The summed E-state index contributed by atoms with van der Waals surface area (Å²) >= 11 is 6.02. The van der Waals surface area contributed by atoms with Gasteiger partial charge in [0, 0.05) is 36.6 Å². The Morgan fingerprint density at radius 2 is 1.78 bits per heavy atom. The van der Waals surface area contributed by atoms with Crippen molar-refractivity contribution in [1.29, 1.82) is 0 Å². The first-order chi connectivity index (χ1) is 13.2. The molecule has 1 N–H and O–H groups in total. The Bertz CT molecular complexity index is 709. The van der Waals surface area contributed by atoms with Crippen molar-refractivity contribution in [3.63, 3.8) is 0 Å². The van der Waals surface area contributed by atoms with E-state index in [2.05, 4.69) is 41.4 Å². The number of aryl methyl sites for hydroxylation is 1. The van der Waals surface area contributed by atoms with Crippen LogP contribution < -0.4 is 5.32 Å². The largest absolute Gasteiger partial charge is 0.353 e. The summed E-state index contributed by atoms with van der Waals surface area (Å²) in [7, 11) is 0. The van der Waals surface area contributed by atoms with E-state index in [1.165, 1.54) is 11.1 Å². The van der Waals surface area contributed by atoms with Crippen LogP contribution >= 0.6 is 11.6 Å². The minimum atomic E-state index is 0.169. The van der Waals surface area contributed by atoms with Crippen LogP contribution in [0.3, 0.4) is 0 Å². The Balaban J connectivity index is 1.45. The number of benzene rings is 2. The van der Waals surface area contributed by atoms with Crippen molar-refractivity contribution in [3.8, 4) is 0 Å². The van der Waals surface area contributed by atoms with Crippen molar-refractivity contribution in [2.45, 2.75) is 51.1 Å². The number of nitrogens with one attached hydrogen (secondary N) is 1. The predicted molar refractivity (Wildman–Crippen MR) is 112 cm³/mol. The standard InChI is InChI=1S/C23H29ClN2O/c1-2-22(19-9-11-20(24)12-10-19)26-16-14-21(15-17-26)25-23(27)13-8-18-6-4-3-5-7-18/h3-7,9-12,21-22H,2,8,13-17H2,1H3,(H,25,27)/t22-/m1/s1. The fraction of sp³-hybridized carbons (Fsp3) is 0.435. The van der Waals surface area contributed by atoms with E-state index in [9.17, 15) is 4.79 Å². The molecule has 2 aromatic rings.